The van der Waals surface area contributed by atoms with Gasteiger partial charge in [-0.1, -0.05) is 0 Å². The summed E-state index contributed by atoms with van der Waals surface area (Å²) in [4.78, 5) is 42.4. The number of imide groups is 1. The molecule has 4 amide bonds. The number of hydrogen-bond donors (Lipinski definition) is 1. The number of rotatable bonds is 2. The molecule has 25 heavy (non-hydrogen) atoms. The Bertz CT molecular complexity index is 731. The zero-order valence-corrected chi connectivity index (χ0v) is 15.2. The number of amides is 4. The van der Waals surface area contributed by atoms with Crippen molar-refractivity contribution in [3.63, 3.8) is 0 Å². The maximum Gasteiger partial charge on any atom is 0.325 e. The maximum atomic E-state index is 13.1. The summed E-state index contributed by atoms with van der Waals surface area (Å²) in [6.45, 7) is 2.59. The minimum atomic E-state index is -0.960. The molecule has 6 nitrogen and oxygen atoms in total. The molecule has 134 valence electrons. The van der Waals surface area contributed by atoms with E-state index in [-0.39, 0.29) is 24.4 Å². The topological polar surface area (TPSA) is 69.7 Å². The number of piperidine rings is 1. The first kappa shape index (κ1) is 16.6. The number of carbonyl (C=O) groups excluding carboxylic acids is 3. The Hall–Kier alpha value is -1.89. The Morgan fingerprint density at radius 3 is 3.00 bits per heavy atom. The highest BCUT2D eigenvalue weighted by atomic mass is 32.1. The fraction of sp³-hybridized carbons (Fsp3) is 0.611. The molecule has 1 aromatic heterocycles. The van der Waals surface area contributed by atoms with E-state index in [0.29, 0.717) is 13.0 Å². The normalized spacial score (nSPS) is 29.1. The molecular weight excluding hydrogens is 338 g/mol. The number of thiophene rings is 1. The molecule has 0 radical (unpaired) electrons. The number of likely N-dealkylation sites (tertiary alicyclic amines) is 1. The Labute approximate surface area is 151 Å². The van der Waals surface area contributed by atoms with Gasteiger partial charge in [-0.3, -0.25) is 14.5 Å². The average Bonchev–Trinajstić information content (AvgIpc) is 3.16. The third-order valence-corrected chi connectivity index (χ3v) is 6.73. The molecule has 1 N–H and O–H groups in total. The number of hydrogen-bond acceptors (Lipinski definition) is 4. The zero-order valence-electron chi connectivity index (χ0n) is 14.4. The molecule has 0 saturated carbocycles. The van der Waals surface area contributed by atoms with Gasteiger partial charge in [-0.2, -0.15) is 0 Å². The van der Waals surface area contributed by atoms with E-state index < -0.39 is 11.6 Å². The van der Waals surface area contributed by atoms with Gasteiger partial charge in [-0.05, 0) is 56.9 Å². The molecule has 2 fully saturated rings. The van der Waals surface area contributed by atoms with Crippen LogP contribution in [0.3, 0.4) is 0 Å². The van der Waals surface area contributed by atoms with Crippen LogP contribution in [0.2, 0.25) is 0 Å². The van der Waals surface area contributed by atoms with Gasteiger partial charge >= 0.3 is 6.03 Å². The number of nitrogens with zero attached hydrogens (tertiary/aromatic N) is 2. The number of fused-ring (bicyclic) bond motifs is 2. The van der Waals surface area contributed by atoms with Crippen LogP contribution in [0.15, 0.2) is 11.4 Å². The summed E-state index contributed by atoms with van der Waals surface area (Å²) in [5, 5.41) is 4.88. The second kappa shape index (κ2) is 6.12. The summed E-state index contributed by atoms with van der Waals surface area (Å²) in [5.74, 6) is -0.399. The molecule has 0 unspecified atom stereocenters. The van der Waals surface area contributed by atoms with E-state index in [0.717, 1.165) is 47.4 Å². The van der Waals surface area contributed by atoms with Crippen LogP contribution in [-0.2, 0) is 21.5 Å². The van der Waals surface area contributed by atoms with Gasteiger partial charge in [-0.25, -0.2) is 4.79 Å². The molecule has 1 aromatic rings. The van der Waals surface area contributed by atoms with Crippen molar-refractivity contribution >= 4 is 29.2 Å². The van der Waals surface area contributed by atoms with E-state index >= 15 is 0 Å². The summed E-state index contributed by atoms with van der Waals surface area (Å²) in [6, 6.07) is 1.67. The molecule has 2 aliphatic heterocycles. The molecule has 2 atom stereocenters. The monoisotopic (exact) mass is 361 g/mol. The molecule has 7 heteroatoms. The highest BCUT2D eigenvalue weighted by Gasteiger charge is 2.54. The summed E-state index contributed by atoms with van der Waals surface area (Å²) in [7, 11) is 0. The van der Waals surface area contributed by atoms with Crippen LogP contribution >= 0.6 is 11.3 Å². The van der Waals surface area contributed by atoms with Gasteiger partial charge in [0.1, 0.15) is 12.1 Å². The van der Waals surface area contributed by atoms with Crippen molar-refractivity contribution in [1.29, 1.82) is 0 Å². The lowest BCUT2D eigenvalue weighted by Gasteiger charge is -2.34. The number of urea groups is 1. The molecule has 3 heterocycles. The number of aryl methyl sites for hydroxylation is 1. The molecule has 1 aliphatic carbocycles. The van der Waals surface area contributed by atoms with E-state index in [1.165, 1.54) is 0 Å². The second-order valence-corrected chi connectivity index (χ2v) is 8.27. The number of carbonyl (C=O) groups is 3. The smallest absolute Gasteiger partial charge is 0.325 e. The zero-order chi connectivity index (χ0) is 17.6. The van der Waals surface area contributed by atoms with Crippen LogP contribution < -0.4 is 5.32 Å². The van der Waals surface area contributed by atoms with Gasteiger partial charge in [0.15, 0.2) is 0 Å². The van der Waals surface area contributed by atoms with Crippen molar-refractivity contribution in [3.05, 3.63) is 21.9 Å². The minimum Gasteiger partial charge on any atom is -0.338 e. The lowest BCUT2D eigenvalue weighted by molar-refractivity contribution is -0.141. The van der Waals surface area contributed by atoms with E-state index in [2.05, 4.69) is 5.32 Å². The SMILES string of the molecule is C[C@@H]1CCCCN1C(=O)CN1C(=O)N[C@]2(CCCc3sccc32)C1=O. The standard InChI is InChI=1S/C18H23N3O3S/c1-12-5-2-3-9-20(12)15(22)11-21-16(23)18(19-17(21)24)8-4-6-14-13(18)7-10-25-14/h7,10,12H,2-6,8-9,11H2,1H3,(H,19,24)/t12-,18+/m1/s1. The van der Waals surface area contributed by atoms with Crippen molar-refractivity contribution in [1.82, 2.24) is 15.1 Å². The predicted octanol–water partition coefficient (Wildman–Crippen LogP) is 2.23. The third-order valence-electron chi connectivity index (χ3n) is 5.75. The van der Waals surface area contributed by atoms with Crippen LogP contribution in [0, 0.1) is 0 Å². The van der Waals surface area contributed by atoms with Crippen LogP contribution in [0.4, 0.5) is 4.79 Å². The lowest BCUT2D eigenvalue weighted by Crippen LogP contribution is -2.49. The lowest BCUT2D eigenvalue weighted by atomic mass is 9.80. The van der Waals surface area contributed by atoms with Crippen LogP contribution in [0.1, 0.15) is 49.5 Å². The van der Waals surface area contributed by atoms with Gasteiger partial charge < -0.3 is 10.2 Å². The summed E-state index contributed by atoms with van der Waals surface area (Å²) in [6.07, 6.45) is 5.50. The summed E-state index contributed by atoms with van der Waals surface area (Å²) < 4.78 is 0. The largest absolute Gasteiger partial charge is 0.338 e. The quantitative estimate of drug-likeness (QED) is 0.821. The van der Waals surface area contributed by atoms with Gasteiger partial charge in [-0.15, -0.1) is 11.3 Å². The Balaban J connectivity index is 1.56. The fourth-order valence-electron chi connectivity index (χ4n) is 4.38. The van der Waals surface area contributed by atoms with Crippen LogP contribution in [0.5, 0.6) is 0 Å². The van der Waals surface area contributed by atoms with E-state index in [9.17, 15) is 14.4 Å². The minimum absolute atomic E-state index is 0.130. The van der Waals surface area contributed by atoms with Crippen molar-refractivity contribution in [2.75, 3.05) is 13.1 Å². The van der Waals surface area contributed by atoms with Gasteiger partial charge in [0.25, 0.3) is 5.91 Å². The molecule has 1 spiro atoms. The van der Waals surface area contributed by atoms with Crippen LogP contribution in [-0.4, -0.2) is 46.8 Å². The van der Waals surface area contributed by atoms with Gasteiger partial charge in [0.05, 0.1) is 0 Å². The number of nitrogens with one attached hydrogen (secondary N) is 1. The molecule has 3 aliphatic rings. The highest BCUT2D eigenvalue weighted by molar-refractivity contribution is 7.10. The predicted molar refractivity (Wildman–Crippen MR) is 94.2 cm³/mol. The first-order valence-corrected chi connectivity index (χ1v) is 9.91. The van der Waals surface area contributed by atoms with Crippen molar-refractivity contribution in [2.45, 2.75) is 57.0 Å². The Kier molecular flexibility index (Phi) is 4.06. The van der Waals surface area contributed by atoms with Gasteiger partial charge in [0.2, 0.25) is 5.91 Å². The molecular formula is C18H23N3O3S. The first-order chi connectivity index (χ1) is 12.0. The second-order valence-electron chi connectivity index (χ2n) is 7.27. The summed E-state index contributed by atoms with van der Waals surface area (Å²) >= 11 is 1.63. The molecule has 0 bridgehead atoms. The Morgan fingerprint density at radius 2 is 2.20 bits per heavy atom. The fourth-order valence-corrected chi connectivity index (χ4v) is 5.38. The molecule has 4 rings (SSSR count). The van der Waals surface area contributed by atoms with Crippen molar-refractivity contribution in [3.8, 4) is 0 Å². The van der Waals surface area contributed by atoms with E-state index in [1.54, 1.807) is 11.3 Å². The molecule has 0 aromatic carbocycles. The Morgan fingerprint density at radius 1 is 1.36 bits per heavy atom. The summed E-state index contributed by atoms with van der Waals surface area (Å²) in [5.41, 5.74) is -0.0401. The van der Waals surface area contributed by atoms with Crippen molar-refractivity contribution in [2.24, 2.45) is 0 Å². The van der Waals surface area contributed by atoms with E-state index in [1.807, 2.05) is 23.3 Å². The van der Waals surface area contributed by atoms with E-state index in [4.69, 9.17) is 0 Å². The van der Waals surface area contributed by atoms with Gasteiger partial charge in [0, 0.05) is 23.0 Å². The first-order valence-electron chi connectivity index (χ1n) is 9.03. The molecule has 2 saturated heterocycles. The highest BCUT2D eigenvalue weighted by Crippen LogP contribution is 2.42. The van der Waals surface area contributed by atoms with Crippen molar-refractivity contribution < 1.29 is 14.4 Å². The third kappa shape index (κ3) is 2.56. The average molecular weight is 361 g/mol. The van der Waals surface area contributed by atoms with Crippen LogP contribution in [0.25, 0.3) is 0 Å². The maximum absolute atomic E-state index is 13.1.